The molecule has 0 fully saturated rings. The van der Waals surface area contributed by atoms with E-state index in [-0.39, 0.29) is 12.2 Å². The molecule has 1 unspecified atom stereocenters. The molecule has 0 amide bonds. The average Bonchev–Trinajstić information content (AvgIpc) is 2.35. The van der Waals surface area contributed by atoms with E-state index in [1.165, 1.54) is 0 Å². The maximum atomic E-state index is 11.7. The Morgan fingerprint density at radius 2 is 2.06 bits per heavy atom. The van der Waals surface area contributed by atoms with Gasteiger partial charge in [0.05, 0.1) is 5.75 Å². The zero-order valence-corrected chi connectivity index (χ0v) is 10.9. The third kappa shape index (κ3) is 4.80. The van der Waals surface area contributed by atoms with Crippen molar-refractivity contribution in [1.82, 2.24) is 9.71 Å². The molecule has 1 atom stereocenters. The van der Waals surface area contributed by atoms with E-state index in [1.54, 1.807) is 31.5 Å². The second-order valence-corrected chi connectivity index (χ2v) is 5.71. The molecule has 2 N–H and O–H groups in total. The van der Waals surface area contributed by atoms with Gasteiger partial charge in [0.2, 0.25) is 10.0 Å². The van der Waals surface area contributed by atoms with Crippen molar-refractivity contribution in [2.45, 2.75) is 25.8 Å². The van der Waals surface area contributed by atoms with Gasteiger partial charge in [-0.25, -0.2) is 13.1 Å². The molecular weight excluding hydrogens is 256 g/mol. The highest BCUT2D eigenvalue weighted by atomic mass is 32.2. The minimum absolute atomic E-state index is 0.138. The van der Waals surface area contributed by atoms with E-state index in [0.29, 0.717) is 6.42 Å². The lowest BCUT2D eigenvalue weighted by Crippen LogP contribution is -2.41. The standard InChI is InChI=1S/C11H16N2O4S/c1-2-10(11(14)15)13-18(16,17)8-5-9-3-6-12-7-4-9/h3-4,6-7,10,13H,2,5,8H2,1H3,(H,14,15). The van der Waals surface area contributed by atoms with Crippen LogP contribution >= 0.6 is 0 Å². The lowest BCUT2D eigenvalue weighted by molar-refractivity contribution is -0.139. The molecule has 1 aromatic heterocycles. The molecule has 0 aliphatic rings. The number of hydrogen-bond acceptors (Lipinski definition) is 4. The van der Waals surface area contributed by atoms with Crippen molar-refractivity contribution in [2.75, 3.05) is 5.75 Å². The number of carboxylic acid groups (broad SMARTS) is 1. The van der Waals surface area contributed by atoms with Crippen LogP contribution in [0.4, 0.5) is 0 Å². The van der Waals surface area contributed by atoms with Gasteiger partial charge in [0.1, 0.15) is 6.04 Å². The van der Waals surface area contributed by atoms with Gasteiger partial charge in [0, 0.05) is 12.4 Å². The number of nitrogens with one attached hydrogen (secondary N) is 1. The van der Waals surface area contributed by atoms with Crippen LogP contribution in [-0.2, 0) is 21.2 Å². The largest absolute Gasteiger partial charge is 0.480 e. The summed E-state index contributed by atoms with van der Waals surface area (Å²) in [6.45, 7) is 1.62. The van der Waals surface area contributed by atoms with Crippen LogP contribution in [0, 0.1) is 0 Å². The molecular formula is C11H16N2O4S. The number of pyridine rings is 1. The molecule has 0 radical (unpaired) electrons. The zero-order chi connectivity index (χ0) is 13.6. The number of carboxylic acids is 1. The smallest absolute Gasteiger partial charge is 0.321 e. The highest BCUT2D eigenvalue weighted by Gasteiger charge is 2.21. The van der Waals surface area contributed by atoms with Gasteiger partial charge in [-0.05, 0) is 30.5 Å². The normalized spacial score (nSPS) is 13.2. The van der Waals surface area contributed by atoms with E-state index in [4.69, 9.17) is 5.11 Å². The number of hydrogen-bond donors (Lipinski definition) is 2. The molecule has 1 heterocycles. The minimum atomic E-state index is -3.59. The number of nitrogens with zero attached hydrogens (tertiary/aromatic N) is 1. The third-order valence-corrected chi connectivity index (χ3v) is 3.82. The molecule has 0 saturated carbocycles. The Kier molecular flexibility index (Phi) is 5.24. The van der Waals surface area contributed by atoms with Crippen LogP contribution < -0.4 is 4.72 Å². The number of aromatic nitrogens is 1. The molecule has 0 bridgehead atoms. The van der Waals surface area contributed by atoms with Gasteiger partial charge in [-0.1, -0.05) is 6.92 Å². The first-order valence-electron chi connectivity index (χ1n) is 5.56. The Morgan fingerprint density at radius 1 is 1.44 bits per heavy atom. The summed E-state index contributed by atoms with van der Waals surface area (Å²) in [4.78, 5) is 14.6. The molecule has 0 saturated heterocycles. The maximum Gasteiger partial charge on any atom is 0.321 e. The molecule has 100 valence electrons. The van der Waals surface area contributed by atoms with Gasteiger partial charge >= 0.3 is 5.97 Å². The zero-order valence-electron chi connectivity index (χ0n) is 10.0. The quantitative estimate of drug-likeness (QED) is 0.749. The lowest BCUT2D eigenvalue weighted by atomic mass is 10.2. The summed E-state index contributed by atoms with van der Waals surface area (Å²) in [5, 5.41) is 8.79. The predicted octanol–water partition coefficient (Wildman–Crippen LogP) is 0.407. The third-order valence-electron chi connectivity index (χ3n) is 2.44. The molecule has 0 aromatic carbocycles. The summed E-state index contributed by atoms with van der Waals surface area (Å²) in [5.41, 5.74) is 0.846. The fourth-order valence-corrected chi connectivity index (χ4v) is 2.71. The fraction of sp³-hybridized carbons (Fsp3) is 0.455. The first-order chi connectivity index (χ1) is 8.44. The number of aliphatic carboxylic acids is 1. The maximum absolute atomic E-state index is 11.7. The van der Waals surface area contributed by atoms with Crippen LogP contribution in [0.25, 0.3) is 0 Å². The molecule has 0 spiro atoms. The van der Waals surface area contributed by atoms with Crippen LogP contribution in [0.1, 0.15) is 18.9 Å². The van der Waals surface area contributed by atoms with Crippen molar-refractivity contribution >= 4 is 16.0 Å². The van der Waals surface area contributed by atoms with Crippen LogP contribution in [0.3, 0.4) is 0 Å². The van der Waals surface area contributed by atoms with E-state index >= 15 is 0 Å². The van der Waals surface area contributed by atoms with Crippen molar-refractivity contribution in [3.05, 3.63) is 30.1 Å². The van der Waals surface area contributed by atoms with Gasteiger partial charge in [-0.15, -0.1) is 0 Å². The second kappa shape index (κ2) is 6.46. The predicted molar refractivity (Wildman–Crippen MR) is 66.6 cm³/mol. The Labute approximate surface area is 106 Å². The first kappa shape index (κ1) is 14.6. The summed E-state index contributed by atoms with van der Waals surface area (Å²) in [6, 6.07) is 2.39. The van der Waals surface area contributed by atoms with Crippen molar-refractivity contribution < 1.29 is 18.3 Å². The minimum Gasteiger partial charge on any atom is -0.480 e. The Morgan fingerprint density at radius 3 is 2.56 bits per heavy atom. The number of rotatable bonds is 7. The number of aryl methyl sites for hydroxylation is 1. The molecule has 7 heteroatoms. The SMILES string of the molecule is CCC(NS(=O)(=O)CCc1ccncc1)C(=O)O. The Hall–Kier alpha value is -1.47. The monoisotopic (exact) mass is 272 g/mol. The Balaban J connectivity index is 2.57. The molecule has 0 aliphatic heterocycles. The average molecular weight is 272 g/mol. The van der Waals surface area contributed by atoms with Crippen LogP contribution in [0.15, 0.2) is 24.5 Å². The summed E-state index contributed by atoms with van der Waals surface area (Å²) < 4.78 is 25.5. The highest BCUT2D eigenvalue weighted by Crippen LogP contribution is 2.02. The van der Waals surface area contributed by atoms with E-state index < -0.39 is 22.0 Å². The number of sulfonamides is 1. The van der Waals surface area contributed by atoms with E-state index in [1.807, 2.05) is 0 Å². The van der Waals surface area contributed by atoms with Crippen molar-refractivity contribution in [2.24, 2.45) is 0 Å². The lowest BCUT2D eigenvalue weighted by Gasteiger charge is -2.12. The fourth-order valence-electron chi connectivity index (χ4n) is 1.39. The van der Waals surface area contributed by atoms with Gasteiger partial charge < -0.3 is 5.11 Å². The summed E-state index contributed by atoms with van der Waals surface area (Å²) >= 11 is 0. The van der Waals surface area contributed by atoms with E-state index in [2.05, 4.69) is 9.71 Å². The summed E-state index contributed by atoms with van der Waals surface area (Å²) in [6.07, 6.45) is 3.71. The van der Waals surface area contributed by atoms with Crippen molar-refractivity contribution in [3.63, 3.8) is 0 Å². The van der Waals surface area contributed by atoms with Crippen LogP contribution in [0.2, 0.25) is 0 Å². The molecule has 1 rings (SSSR count). The van der Waals surface area contributed by atoms with Gasteiger partial charge in [-0.3, -0.25) is 9.78 Å². The van der Waals surface area contributed by atoms with Crippen molar-refractivity contribution in [1.29, 1.82) is 0 Å². The molecule has 1 aromatic rings. The highest BCUT2D eigenvalue weighted by molar-refractivity contribution is 7.89. The number of carbonyl (C=O) groups is 1. The van der Waals surface area contributed by atoms with E-state index in [9.17, 15) is 13.2 Å². The molecule has 18 heavy (non-hydrogen) atoms. The van der Waals surface area contributed by atoms with Crippen LogP contribution in [0.5, 0.6) is 0 Å². The van der Waals surface area contributed by atoms with Gasteiger partial charge in [-0.2, -0.15) is 0 Å². The summed E-state index contributed by atoms with van der Waals surface area (Å²) in [7, 11) is -3.59. The van der Waals surface area contributed by atoms with E-state index in [0.717, 1.165) is 5.56 Å². The Bertz CT molecular complexity index is 487. The molecule has 6 nitrogen and oxygen atoms in total. The van der Waals surface area contributed by atoms with Crippen molar-refractivity contribution in [3.8, 4) is 0 Å². The van der Waals surface area contributed by atoms with Crippen LogP contribution in [-0.4, -0.2) is 36.3 Å². The molecule has 0 aliphatic carbocycles. The van der Waals surface area contributed by atoms with Gasteiger partial charge in [0.25, 0.3) is 0 Å². The second-order valence-electron chi connectivity index (χ2n) is 3.84. The first-order valence-corrected chi connectivity index (χ1v) is 7.21. The topological polar surface area (TPSA) is 96.4 Å². The summed E-state index contributed by atoms with van der Waals surface area (Å²) in [5.74, 6) is -1.30. The van der Waals surface area contributed by atoms with Gasteiger partial charge in [0.15, 0.2) is 0 Å².